The number of primary amides is 1. The van der Waals surface area contributed by atoms with E-state index in [0.717, 1.165) is 5.56 Å². The number of anilines is 1. The van der Waals surface area contributed by atoms with Crippen LogP contribution in [-0.2, 0) is 11.3 Å². The van der Waals surface area contributed by atoms with Crippen LogP contribution in [0.1, 0.15) is 36.0 Å². The van der Waals surface area contributed by atoms with Crippen molar-refractivity contribution < 1.29 is 19.1 Å². The zero-order valence-corrected chi connectivity index (χ0v) is 15.0. The van der Waals surface area contributed by atoms with Crippen molar-refractivity contribution >= 4 is 34.8 Å². The number of ether oxygens (including phenoxy) is 1. The molecule has 0 bridgehead atoms. The Morgan fingerprint density at radius 2 is 1.74 bits per heavy atom. The SMILES string of the molecule is NC(=O)c1ccc(COC(=O)c2cccc(NC(=O)c3cccs3)c2)cc1. The Kier molecular flexibility index (Phi) is 5.63. The molecule has 0 saturated carbocycles. The second-order valence-electron chi connectivity index (χ2n) is 5.65. The summed E-state index contributed by atoms with van der Waals surface area (Å²) in [6, 6.07) is 16.6. The number of rotatable bonds is 6. The van der Waals surface area contributed by atoms with E-state index in [1.54, 1.807) is 60.7 Å². The Labute approximate surface area is 159 Å². The Morgan fingerprint density at radius 1 is 0.963 bits per heavy atom. The fourth-order valence-electron chi connectivity index (χ4n) is 2.32. The summed E-state index contributed by atoms with van der Waals surface area (Å²) < 4.78 is 5.28. The molecule has 0 fully saturated rings. The molecule has 0 atom stereocenters. The molecule has 7 heteroatoms. The molecule has 0 spiro atoms. The Balaban J connectivity index is 1.61. The van der Waals surface area contributed by atoms with Crippen LogP contribution < -0.4 is 11.1 Å². The minimum atomic E-state index is -0.514. The summed E-state index contributed by atoms with van der Waals surface area (Å²) in [5.41, 5.74) is 7.14. The predicted molar refractivity (Wildman–Crippen MR) is 103 cm³/mol. The van der Waals surface area contributed by atoms with Gasteiger partial charge in [-0.25, -0.2) is 4.79 Å². The van der Waals surface area contributed by atoms with Crippen molar-refractivity contribution in [3.63, 3.8) is 0 Å². The van der Waals surface area contributed by atoms with Gasteiger partial charge in [0.1, 0.15) is 6.61 Å². The minimum Gasteiger partial charge on any atom is -0.457 e. The Morgan fingerprint density at radius 3 is 2.41 bits per heavy atom. The normalized spacial score (nSPS) is 10.2. The first-order valence-corrected chi connectivity index (χ1v) is 8.91. The van der Waals surface area contributed by atoms with Crippen LogP contribution in [0.5, 0.6) is 0 Å². The van der Waals surface area contributed by atoms with Crippen LogP contribution in [0.25, 0.3) is 0 Å². The number of hydrogen-bond donors (Lipinski definition) is 2. The van der Waals surface area contributed by atoms with Crippen LogP contribution >= 0.6 is 11.3 Å². The third-order valence-corrected chi connectivity index (χ3v) is 4.58. The van der Waals surface area contributed by atoms with Gasteiger partial charge in [-0.1, -0.05) is 24.3 Å². The molecule has 6 nitrogen and oxygen atoms in total. The monoisotopic (exact) mass is 380 g/mol. The van der Waals surface area contributed by atoms with Gasteiger partial charge in [-0.05, 0) is 47.3 Å². The summed E-state index contributed by atoms with van der Waals surface area (Å²) in [5, 5.41) is 4.57. The number of carbonyl (C=O) groups is 3. The van der Waals surface area contributed by atoms with Gasteiger partial charge in [0.2, 0.25) is 5.91 Å². The zero-order valence-electron chi connectivity index (χ0n) is 14.2. The lowest BCUT2D eigenvalue weighted by molar-refractivity contribution is 0.0472. The van der Waals surface area contributed by atoms with E-state index in [1.807, 2.05) is 5.38 Å². The van der Waals surface area contributed by atoms with E-state index < -0.39 is 11.9 Å². The molecular formula is C20H16N2O4S. The number of hydrogen-bond acceptors (Lipinski definition) is 5. The highest BCUT2D eigenvalue weighted by molar-refractivity contribution is 7.12. The molecule has 1 aromatic heterocycles. The number of benzene rings is 2. The highest BCUT2D eigenvalue weighted by atomic mass is 32.1. The molecule has 3 N–H and O–H groups in total. The van der Waals surface area contributed by atoms with Crippen molar-refractivity contribution in [1.82, 2.24) is 0 Å². The van der Waals surface area contributed by atoms with Gasteiger partial charge in [-0.3, -0.25) is 9.59 Å². The van der Waals surface area contributed by atoms with E-state index in [1.165, 1.54) is 11.3 Å². The number of amides is 2. The van der Waals surface area contributed by atoms with Crippen molar-refractivity contribution in [3.8, 4) is 0 Å². The maximum absolute atomic E-state index is 12.3. The van der Waals surface area contributed by atoms with E-state index in [-0.39, 0.29) is 12.5 Å². The lowest BCUT2D eigenvalue weighted by Crippen LogP contribution is -2.12. The molecule has 0 aliphatic rings. The molecule has 3 rings (SSSR count). The first-order chi connectivity index (χ1) is 13.0. The fourth-order valence-corrected chi connectivity index (χ4v) is 2.94. The molecule has 0 aliphatic heterocycles. The standard InChI is InChI=1S/C20H16N2O4S/c21-18(23)14-8-6-13(7-9-14)12-26-20(25)15-3-1-4-16(11-15)22-19(24)17-5-2-10-27-17/h1-11H,12H2,(H2,21,23)(H,22,24). The van der Waals surface area contributed by atoms with Crippen molar-refractivity contribution in [2.75, 3.05) is 5.32 Å². The van der Waals surface area contributed by atoms with E-state index >= 15 is 0 Å². The van der Waals surface area contributed by atoms with Gasteiger partial charge in [0.05, 0.1) is 10.4 Å². The van der Waals surface area contributed by atoms with Gasteiger partial charge in [0.25, 0.3) is 5.91 Å². The minimum absolute atomic E-state index is 0.0592. The van der Waals surface area contributed by atoms with Gasteiger partial charge < -0.3 is 15.8 Å². The Hall–Kier alpha value is -3.45. The van der Waals surface area contributed by atoms with E-state index in [2.05, 4.69) is 5.32 Å². The summed E-state index contributed by atoms with van der Waals surface area (Å²) in [7, 11) is 0. The summed E-state index contributed by atoms with van der Waals surface area (Å²) in [4.78, 5) is 36.0. The largest absolute Gasteiger partial charge is 0.457 e. The average Bonchev–Trinajstić information content (AvgIpc) is 3.21. The van der Waals surface area contributed by atoms with Crippen molar-refractivity contribution in [1.29, 1.82) is 0 Å². The lowest BCUT2D eigenvalue weighted by atomic mass is 10.1. The van der Waals surface area contributed by atoms with E-state index in [9.17, 15) is 14.4 Å². The maximum Gasteiger partial charge on any atom is 0.338 e. The van der Waals surface area contributed by atoms with Crippen molar-refractivity contribution in [2.24, 2.45) is 5.73 Å². The second-order valence-corrected chi connectivity index (χ2v) is 6.60. The third kappa shape index (κ3) is 4.80. The van der Waals surface area contributed by atoms with Crippen LogP contribution in [0.15, 0.2) is 66.0 Å². The molecule has 0 unspecified atom stereocenters. The van der Waals surface area contributed by atoms with Crippen LogP contribution in [0.3, 0.4) is 0 Å². The number of thiophene rings is 1. The van der Waals surface area contributed by atoms with Crippen molar-refractivity contribution in [3.05, 3.63) is 87.6 Å². The number of nitrogens with one attached hydrogen (secondary N) is 1. The van der Waals surface area contributed by atoms with Gasteiger partial charge >= 0.3 is 5.97 Å². The highest BCUT2D eigenvalue weighted by Crippen LogP contribution is 2.16. The maximum atomic E-state index is 12.3. The summed E-state index contributed by atoms with van der Waals surface area (Å²) in [5.74, 6) is -1.26. The number of nitrogens with two attached hydrogens (primary N) is 1. The summed E-state index contributed by atoms with van der Waals surface area (Å²) in [6.45, 7) is 0.0592. The summed E-state index contributed by atoms with van der Waals surface area (Å²) >= 11 is 1.34. The molecule has 27 heavy (non-hydrogen) atoms. The first-order valence-electron chi connectivity index (χ1n) is 8.04. The van der Waals surface area contributed by atoms with Crippen LogP contribution in [0.4, 0.5) is 5.69 Å². The molecule has 0 saturated heterocycles. The molecular weight excluding hydrogens is 364 g/mol. The smallest absolute Gasteiger partial charge is 0.338 e. The van der Waals surface area contributed by atoms with Gasteiger partial charge in [-0.2, -0.15) is 0 Å². The molecule has 1 heterocycles. The molecule has 136 valence electrons. The molecule has 2 aromatic carbocycles. The fraction of sp³-hybridized carbons (Fsp3) is 0.0500. The highest BCUT2D eigenvalue weighted by Gasteiger charge is 2.11. The average molecular weight is 380 g/mol. The second kappa shape index (κ2) is 8.29. The topological polar surface area (TPSA) is 98.5 Å². The predicted octanol–water partition coefficient (Wildman–Crippen LogP) is 3.46. The van der Waals surface area contributed by atoms with E-state index in [0.29, 0.717) is 21.7 Å². The van der Waals surface area contributed by atoms with Gasteiger partial charge in [-0.15, -0.1) is 11.3 Å². The van der Waals surface area contributed by atoms with Crippen molar-refractivity contribution in [2.45, 2.75) is 6.61 Å². The molecule has 0 aliphatic carbocycles. The molecule has 3 aromatic rings. The van der Waals surface area contributed by atoms with E-state index in [4.69, 9.17) is 10.5 Å². The van der Waals surface area contributed by atoms with Gasteiger partial charge in [0.15, 0.2) is 0 Å². The molecule has 0 radical (unpaired) electrons. The zero-order chi connectivity index (χ0) is 19.2. The van der Waals surface area contributed by atoms with Crippen LogP contribution in [0.2, 0.25) is 0 Å². The van der Waals surface area contributed by atoms with Gasteiger partial charge in [0, 0.05) is 11.3 Å². The first kappa shape index (κ1) is 18.3. The number of carbonyl (C=O) groups excluding carboxylic acids is 3. The Bertz CT molecular complexity index is 966. The summed E-state index contributed by atoms with van der Waals surface area (Å²) in [6.07, 6.45) is 0. The third-order valence-electron chi connectivity index (χ3n) is 3.71. The van der Waals surface area contributed by atoms with Crippen LogP contribution in [0, 0.1) is 0 Å². The molecule has 2 amide bonds. The quantitative estimate of drug-likeness (QED) is 0.640. The number of esters is 1. The van der Waals surface area contributed by atoms with Crippen LogP contribution in [-0.4, -0.2) is 17.8 Å². The lowest BCUT2D eigenvalue weighted by Gasteiger charge is -2.08.